The van der Waals surface area contributed by atoms with Crippen LogP contribution in [0.2, 0.25) is 10.0 Å². The first-order valence-corrected chi connectivity index (χ1v) is 6.74. The van der Waals surface area contributed by atoms with Crippen molar-refractivity contribution in [3.63, 3.8) is 0 Å². The van der Waals surface area contributed by atoms with Crippen molar-refractivity contribution >= 4 is 28.9 Å². The second-order valence-electron chi connectivity index (χ2n) is 4.89. The Morgan fingerprint density at radius 3 is 2.53 bits per heavy atom. The van der Waals surface area contributed by atoms with Crippen LogP contribution in [0.3, 0.4) is 0 Å². The lowest BCUT2D eigenvalue weighted by Crippen LogP contribution is -2.58. The van der Waals surface area contributed by atoms with E-state index >= 15 is 0 Å². The van der Waals surface area contributed by atoms with Crippen molar-refractivity contribution in [2.75, 3.05) is 24.5 Å². The van der Waals surface area contributed by atoms with E-state index in [0.29, 0.717) is 10.0 Å². The molecule has 17 heavy (non-hydrogen) atoms. The van der Waals surface area contributed by atoms with Gasteiger partial charge in [-0.2, -0.15) is 0 Å². The van der Waals surface area contributed by atoms with Gasteiger partial charge >= 0.3 is 0 Å². The van der Waals surface area contributed by atoms with Gasteiger partial charge in [0.05, 0.1) is 0 Å². The summed E-state index contributed by atoms with van der Waals surface area (Å²) >= 11 is 12.1. The molecule has 1 unspecified atom stereocenters. The molecule has 1 atom stereocenters. The first-order valence-electron chi connectivity index (χ1n) is 5.98. The van der Waals surface area contributed by atoms with Crippen molar-refractivity contribution in [1.82, 2.24) is 5.32 Å². The van der Waals surface area contributed by atoms with E-state index < -0.39 is 0 Å². The predicted octanol–water partition coefficient (Wildman–Crippen LogP) is 3.57. The van der Waals surface area contributed by atoms with Gasteiger partial charge in [-0.25, -0.2) is 0 Å². The van der Waals surface area contributed by atoms with E-state index in [9.17, 15) is 0 Å². The fraction of sp³-hybridized carbons (Fsp3) is 0.538. The van der Waals surface area contributed by atoms with Gasteiger partial charge in [0.1, 0.15) is 0 Å². The van der Waals surface area contributed by atoms with Gasteiger partial charge in [0.2, 0.25) is 0 Å². The summed E-state index contributed by atoms with van der Waals surface area (Å²) in [5.41, 5.74) is 1.29. The molecular weight excluding hydrogens is 255 g/mol. The Morgan fingerprint density at radius 2 is 1.94 bits per heavy atom. The molecule has 0 saturated carbocycles. The van der Waals surface area contributed by atoms with E-state index in [1.165, 1.54) is 0 Å². The zero-order chi connectivity index (χ0) is 12.5. The molecular formula is C13H18Cl2N2. The normalized spacial score (nSPS) is 25.1. The highest BCUT2D eigenvalue weighted by Gasteiger charge is 2.28. The summed E-state index contributed by atoms with van der Waals surface area (Å²) in [6.07, 6.45) is 1.11. The van der Waals surface area contributed by atoms with Crippen LogP contribution in [0.5, 0.6) is 0 Å². The third-order valence-electron chi connectivity index (χ3n) is 3.47. The average molecular weight is 273 g/mol. The smallest absolute Gasteiger partial charge is 0.0441 e. The number of hydrogen-bond acceptors (Lipinski definition) is 2. The Hall–Kier alpha value is -0.440. The second-order valence-corrected chi connectivity index (χ2v) is 5.76. The third-order valence-corrected chi connectivity index (χ3v) is 3.90. The SMILES string of the molecule is CCC1(C)CN(c2cc(Cl)cc(Cl)c2)CCN1. The second kappa shape index (κ2) is 5.05. The van der Waals surface area contributed by atoms with Crippen molar-refractivity contribution in [3.05, 3.63) is 28.2 Å². The number of nitrogens with zero attached hydrogens (tertiary/aromatic N) is 1. The summed E-state index contributed by atoms with van der Waals surface area (Å²) in [5.74, 6) is 0. The lowest BCUT2D eigenvalue weighted by Gasteiger charge is -2.42. The van der Waals surface area contributed by atoms with E-state index in [1.807, 2.05) is 12.1 Å². The molecule has 1 heterocycles. The number of anilines is 1. The summed E-state index contributed by atoms with van der Waals surface area (Å²) in [6, 6.07) is 5.73. The van der Waals surface area contributed by atoms with Gasteiger partial charge in [0.15, 0.2) is 0 Å². The largest absolute Gasteiger partial charge is 0.368 e. The average Bonchev–Trinajstić information content (AvgIpc) is 2.28. The number of benzene rings is 1. The van der Waals surface area contributed by atoms with E-state index in [0.717, 1.165) is 31.7 Å². The summed E-state index contributed by atoms with van der Waals surface area (Å²) in [5, 5.41) is 4.96. The Morgan fingerprint density at radius 1 is 1.29 bits per heavy atom. The molecule has 4 heteroatoms. The Kier molecular flexibility index (Phi) is 3.86. The van der Waals surface area contributed by atoms with Crippen LogP contribution >= 0.6 is 23.2 Å². The van der Waals surface area contributed by atoms with Crippen LogP contribution < -0.4 is 10.2 Å². The van der Waals surface area contributed by atoms with Gasteiger partial charge < -0.3 is 10.2 Å². The number of hydrogen-bond donors (Lipinski definition) is 1. The number of nitrogens with one attached hydrogen (secondary N) is 1. The van der Waals surface area contributed by atoms with Crippen molar-refractivity contribution in [2.45, 2.75) is 25.8 Å². The molecule has 1 aromatic carbocycles. The van der Waals surface area contributed by atoms with Crippen molar-refractivity contribution in [2.24, 2.45) is 0 Å². The van der Waals surface area contributed by atoms with E-state index in [-0.39, 0.29) is 5.54 Å². The molecule has 1 aromatic rings. The summed E-state index contributed by atoms with van der Waals surface area (Å²) in [7, 11) is 0. The van der Waals surface area contributed by atoms with Crippen LogP contribution in [0.15, 0.2) is 18.2 Å². The highest BCUT2D eigenvalue weighted by molar-refractivity contribution is 6.35. The minimum atomic E-state index is 0.174. The number of rotatable bonds is 2. The molecule has 2 nitrogen and oxygen atoms in total. The van der Waals surface area contributed by atoms with E-state index in [1.54, 1.807) is 6.07 Å². The van der Waals surface area contributed by atoms with E-state index in [4.69, 9.17) is 23.2 Å². The minimum absolute atomic E-state index is 0.174. The van der Waals surface area contributed by atoms with Crippen molar-refractivity contribution in [3.8, 4) is 0 Å². The molecule has 0 spiro atoms. The fourth-order valence-corrected chi connectivity index (χ4v) is 2.74. The first-order chi connectivity index (χ1) is 8.02. The predicted molar refractivity (Wildman–Crippen MR) is 75.4 cm³/mol. The molecule has 2 rings (SSSR count). The monoisotopic (exact) mass is 272 g/mol. The van der Waals surface area contributed by atoms with Crippen LogP contribution in [0.1, 0.15) is 20.3 Å². The molecule has 1 aliphatic rings. The van der Waals surface area contributed by atoms with E-state index in [2.05, 4.69) is 24.1 Å². The van der Waals surface area contributed by atoms with Crippen LogP contribution in [0.25, 0.3) is 0 Å². The quantitative estimate of drug-likeness (QED) is 0.886. The standard InChI is InChI=1S/C13H18Cl2N2/c1-3-13(2)9-17(5-4-16-13)12-7-10(14)6-11(15)8-12/h6-8,16H,3-5,9H2,1-2H3. The number of halogens is 2. The maximum absolute atomic E-state index is 6.05. The molecule has 94 valence electrons. The molecule has 0 radical (unpaired) electrons. The number of piperazine rings is 1. The van der Waals surface area contributed by atoms with Crippen LogP contribution in [-0.4, -0.2) is 25.2 Å². The molecule has 1 N–H and O–H groups in total. The highest BCUT2D eigenvalue weighted by Crippen LogP contribution is 2.28. The Bertz CT molecular complexity index is 388. The molecule has 1 saturated heterocycles. The molecule has 1 aliphatic heterocycles. The van der Waals surface area contributed by atoms with Gasteiger partial charge in [0.25, 0.3) is 0 Å². The summed E-state index contributed by atoms with van der Waals surface area (Å²) in [6.45, 7) is 7.44. The zero-order valence-electron chi connectivity index (χ0n) is 10.3. The maximum atomic E-state index is 6.05. The molecule has 1 fully saturated rings. The minimum Gasteiger partial charge on any atom is -0.368 e. The maximum Gasteiger partial charge on any atom is 0.0441 e. The third kappa shape index (κ3) is 3.06. The fourth-order valence-electron chi connectivity index (χ4n) is 2.23. The van der Waals surface area contributed by atoms with Gasteiger partial charge in [-0.1, -0.05) is 30.1 Å². The Labute approximate surface area is 113 Å². The van der Waals surface area contributed by atoms with Gasteiger partial charge in [-0.3, -0.25) is 0 Å². The lowest BCUT2D eigenvalue weighted by atomic mass is 9.95. The van der Waals surface area contributed by atoms with Crippen molar-refractivity contribution < 1.29 is 0 Å². The zero-order valence-corrected chi connectivity index (χ0v) is 11.8. The van der Waals surface area contributed by atoms with Crippen LogP contribution in [0.4, 0.5) is 5.69 Å². The van der Waals surface area contributed by atoms with Gasteiger partial charge in [-0.05, 0) is 31.5 Å². The molecule has 0 bridgehead atoms. The highest BCUT2D eigenvalue weighted by atomic mass is 35.5. The first kappa shape index (κ1) is 13.0. The lowest BCUT2D eigenvalue weighted by molar-refractivity contribution is 0.314. The van der Waals surface area contributed by atoms with Crippen LogP contribution in [-0.2, 0) is 0 Å². The van der Waals surface area contributed by atoms with Gasteiger partial charge in [0, 0.05) is 40.9 Å². The Balaban J connectivity index is 2.21. The van der Waals surface area contributed by atoms with Crippen LogP contribution in [0, 0.1) is 0 Å². The molecule has 0 aromatic heterocycles. The topological polar surface area (TPSA) is 15.3 Å². The van der Waals surface area contributed by atoms with Crippen molar-refractivity contribution in [1.29, 1.82) is 0 Å². The molecule has 0 aliphatic carbocycles. The molecule has 0 amide bonds. The van der Waals surface area contributed by atoms with Gasteiger partial charge in [-0.15, -0.1) is 0 Å². The summed E-state index contributed by atoms with van der Waals surface area (Å²) < 4.78 is 0. The summed E-state index contributed by atoms with van der Waals surface area (Å²) in [4.78, 5) is 2.34.